The summed E-state index contributed by atoms with van der Waals surface area (Å²) in [4.78, 5) is 23.4. The summed E-state index contributed by atoms with van der Waals surface area (Å²) in [6.07, 6.45) is 0.351. The van der Waals surface area contributed by atoms with Crippen LogP contribution in [0.4, 0.5) is 5.69 Å². The molecular formula is C24H19NO4. The van der Waals surface area contributed by atoms with Gasteiger partial charge in [0.2, 0.25) is 0 Å². The lowest BCUT2D eigenvalue weighted by atomic mass is 9.79. The van der Waals surface area contributed by atoms with Gasteiger partial charge in [0.25, 0.3) is 5.69 Å². The van der Waals surface area contributed by atoms with Crippen molar-refractivity contribution in [3.63, 3.8) is 0 Å². The number of nitro benzene ring substituents is 1. The number of hydrogen-bond acceptors (Lipinski definition) is 4. The first-order valence-electron chi connectivity index (χ1n) is 9.30. The van der Waals surface area contributed by atoms with Crippen LogP contribution in [0.3, 0.4) is 0 Å². The average molecular weight is 385 g/mol. The fraction of sp³-hybridized carbons (Fsp3) is 0.125. The average Bonchev–Trinajstić information content (AvgIpc) is 3.01. The van der Waals surface area contributed by atoms with Crippen LogP contribution in [-0.2, 0) is 21.6 Å². The first kappa shape index (κ1) is 18.6. The molecular weight excluding hydrogens is 366 g/mol. The van der Waals surface area contributed by atoms with Gasteiger partial charge in [0.15, 0.2) is 5.60 Å². The third-order valence-corrected chi connectivity index (χ3v) is 5.36. The van der Waals surface area contributed by atoms with Gasteiger partial charge >= 0.3 is 5.97 Å². The van der Waals surface area contributed by atoms with Crippen molar-refractivity contribution in [2.45, 2.75) is 18.9 Å². The maximum Gasteiger partial charge on any atom is 0.336 e. The quantitative estimate of drug-likeness (QED) is 0.354. The minimum atomic E-state index is -0.976. The molecule has 1 aliphatic heterocycles. The summed E-state index contributed by atoms with van der Waals surface area (Å²) in [6.45, 7) is 1.92. The highest BCUT2D eigenvalue weighted by Gasteiger charge is 2.47. The Morgan fingerprint density at radius 3 is 1.86 bits per heavy atom. The summed E-state index contributed by atoms with van der Waals surface area (Å²) >= 11 is 0. The van der Waals surface area contributed by atoms with E-state index >= 15 is 0 Å². The highest BCUT2D eigenvalue weighted by molar-refractivity contribution is 5.94. The molecule has 0 saturated heterocycles. The lowest BCUT2D eigenvalue weighted by Gasteiger charge is -2.31. The lowest BCUT2D eigenvalue weighted by Crippen LogP contribution is -2.30. The molecule has 0 atom stereocenters. The Labute approximate surface area is 168 Å². The normalized spacial score (nSPS) is 15.3. The van der Waals surface area contributed by atoms with Gasteiger partial charge in [-0.15, -0.1) is 0 Å². The molecule has 0 saturated carbocycles. The summed E-state index contributed by atoms with van der Waals surface area (Å²) in [5.41, 5.74) is 3.04. The number of cyclic esters (lactones) is 1. The van der Waals surface area contributed by atoms with Crippen molar-refractivity contribution < 1.29 is 14.5 Å². The molecule has 0 unspecified atom stereocenters. The molecule has 0 amide bonds. The number of esters is 1. The molecule has 4 rings (SSSR count). The maximum atomic E-state index is 12.9. The summed E-state index contributed by atoms with van der Waals surface area (Å²) in [7, 11) is 0. The van der Waals surface area contributed by atoms with Gasteiger partial charge < -0.3 is 4.74 Å². The van der Waals surface area contributed by atoms with E-state index < -0.39 is 10.5 Å². The van der Waals surface area contributed by atoms with Crippen molar-refractivity contribution in [3.05, 3.63) is 123 Å². The summed E-state index contributed by atoms with van der Waals surface area (Å²) in [5, 5.41) is 10.9. The van der Waals surface area contributed by atoms with Crippen LogP contribution < -0.4 is 0 Å². The Hall–Kier alpha value is -3.73. The lowest BCUT2D eigenvalue weighted by molar-refractivity contribution is -0.384. The number of non-ortho nitro benzene ring substituents is 1. The van der Waals surface area contributed by atoms with E-state index in [9.17, 15) is 14.9 Å². The van der Waals surface area contributed by atoms with Gasteiger partial charge in [-0.2, -0.15) is 0 Å². The number of benzene rings is 3. The molecule has 0 N–H and O–H groups in total. The molecule has 144 valence electrons. The van der Waals surface area contributed by atoms with Gasteiger partial charge in [-0.25, -0.2) is 4.79 Å². The van der Waals surface area contributed by atoms with Crippen molar-refractivity contribution in [2.24, 2.45) is 0 Å². The Bertz CT molecular complexity index is 1050. The van der Waals surface area contributed by atoms with E-state index in [1.165, 1.54) is 12.1 Å². The minimum absolute atomic E-state index is 0.0244. The highest BCUT2D eigenvalue weighted by atomic mass is 16.6. The first-order valence-corrected chi connectivity index (χ1v) is 9.30. The van der Waals surface area contributed by atoms with Crippen LogP contribution in [0.1, 0.15) is 23.6 Å². The Morgan fingerprint density at radius 2 is 1.38 bits per heavy atom. The Balaban J connectivity index is 1.81. The second kappa shape index (κ2) is 7.36. The third kappa shape index (κ3) is 3.21. The van der Waals surface area contributed by atoms with Crippen LogP contribution in [0.15, 0.2) is 96.1 Å². The van der Waals surface area contributed by atoms with Crippen molar-refractivity contribution in [1.82, 2.24) is 0 Å². The van der Waals surface area contributed by atoms with Gasteiger partial charge in [0, 0.05) is 35.3 Å². The van der Waals surface area contributed by atoms with Crippen LogP contribution >= 0.6 is 0 Å². The van der Waals surface area contributed by atoms with Crippen LogP contribution in [0, 0.1) is 10.1 Å². The van der Waals surface area contributed by atoms with Crippen molar-refractivity contribution >= 4 is 11.7 Å². The van der Waals surface area contributed by atoms with Gasteiger partial charge in [0.1, 0.15) is 0 Å². The minimum Gasteiger partial charge on any atom is -0.441 e. The van der Waals surface area contributed by atoms with Crippen LogP contribution in [-0.4, -0.2) is 10.9 Å². The van der Waals surface area contributed by atoms with Crippen molar-refractivity contribution in [3.8, 4) is 0 Å². The number of ether oxygens (including phenoxy) is 1. The van der Waals surface area contributed by atoms with E-state index in [4.69, 9.17) is 4.74 Å². The Morgan fingerprint density at radius 1 is 0.862 bits per heavy atom. The standard InChI is InChI=1S/C24H19NO4/c1-17-22(16-18-12-14-21(15-13-18)25(27)28)23(26)29-24(17,19-8-4-2-5-9-19)20-10-6-3-7-11-20/h2-15H,16H2,1H3. The van der Waals surface area contributed by atoms with Gasteiger partial charge in [0.05, 0.1) is 4.92 Å². The summed E-state index contributed by atoms with van der Waals surface area (Å²) in [5.74, 6) is -0.367. The number of carbonyl (C=O) groups is 1. The molecule has 0 fully saturated rings. The Kier molecular flexibility index (Phi) is 4.72. The van der Waals surface area contributed by atoms with E-state index in [0.29, 0.717) is 12.0 Å². The smallest absolute Gasteiger partial charge is 0.336 e. The van der Waals surface area contributed by atoms with E-state index in [0.717, 1.165) is 22.3 Å². The predicted octanol–water partition coefficient (Wildman–Crippen LogP) is 4.95. The van der Waals surface area contributed by atoms with Gasteiger partial charge in [-0.05, 0) is 18.1 Å². The number of carbonyl (C=O) groups excluding carboxylic acids is 1. The number of nitrogens with zero attached hydrogens (tertiary/aromatic N) is 1. The van der Waals surface area contributed by atoms with Crippen molar-refractivity contribution in [1.29, 1.82) is 0 Å². The topological polar surface area (TPSA) is 69.4 Å². The van der Waals surface area contributed by atoms with E-state index in [1.54, 1.807) is 12.1 Å². The molecule has 5 heteroatoms. The molecule has 3 aromatic carbocycles. The predicted molar refractivity (Wildman–Crippen MR) is 109 cm³/mol. The molecule has 0 radical (unpaired) electrons. The highest BCUT2D eigenvalue weighted by Crippen LogP contribution is 2.47. The zero-order chi connectivity index (χ0) is 20.4. The maximum absolute atomic E-state index is 12.9. The van der Waals surface area contributed by atoms with E-state index in [2.05, 4.69) is 0 Å². The molecule has 0 aromatic heterocycles. The molecule has 1 heterocycles. The number of rotatable bonds is 5. The third-order valence-electron chi connectivity index (χ3n) is 5.36. The van der Waals surface area contributed by atoms with E-state index in [-0.39, 0.29) is 11.7 Å². The molecule has 0 aliphatic carbocycles. The summed E-state index contributed by atoms with van der Waals surface area (Å²) in [6, 6.07) is 25.6. The summed E-state index contributed by atoms with van der Waals surface area (Å²) < 4.78 is 6.06. The molecule has 5 nitrogen and oxygen atoms in total. The fourth-order valence-corrected chi connectivity index (χ4v) is 3.85. The largest absolute Gasteiger partial charge is 0.441 e. The molecule has 0 bridgehead atoms. The molecule has 29 heavy (non-hydrogen) atoms. The second-order valence-corrected chi connectivity index (χ2v) is 7.01. The fourth-order valence-electron chi connectivity index (χ4n) is 3.85. The number of nitro groups is 1. The molecule has 0 spiro atoms. The SMILES string of the molecule is CC1=C(Cc2ccc([N+](=O)[O-])cc2)C(=O)OC1(c1ccccc1)c1ccccc1. The van der Waals surface area contributed by atoms with Crippen LogP contribution in [0.5, 0.6) is 0 Å². The van der Waals surface area contributed by atoms with Crippen molar-refractivity contribution in [2.75, 3.05) is 0 Å². The van der Waals surface area contributed by atoms with E-state index in [1.807, 2.05) is 67.6 Å². The van der Waals surface area contributed by atoms with Gasteiger partial charge in [-0.3, -0.25) is 10.1 Å². The zero-order valence-electron chi connectivity index (χ0n) is 15.9. The molecule has 3 aromatic rings. The van der Waals surface area contributed by atoms with Gasteiger partial charge in [-0.1, -0.05) is 72.8 Å². The monoisotopic (exact) mass is 385 g/mol. The second-order valence-electron chi connectivity index (χ2n) is 7.01. The first-order chi connectivity index (χ1) is 14.0. The van der Waals surface area contributed by atoms with Crippen LogP contribution in [0.25, 0.3) is 0 Å². The van der Waals surface area contributed by atoms with Crippen LogP contribution in [0.2, 0.25) is 0 Å². The number of hydrogen-bond donors (Lipinski definition) is 0. The zero-order valence-corrected chi connectivity index (χ0v) is 15.9. The molecule has 1 aliphatic rings.